The Kier molecular flexibility index (Phi) is 5.21. The van der Waals surface area contributed by atoms with Gasteiger partial charge in [0.25, 0.3) is 5.78 Å². The van der Waals surface area contributed by atoms with Crippen molar-refractivity contribution in [2.24, 2.45) is 0 Å². The van der Waals surface area contributed by atoms with Crippen LogP contribution in [0.5, 0.6) is 17.2 Å². The Labute approximate surface area is 167 Å². The minimum Gasteiger partial charge on any atom is -0.453 e. The summed E-state index contributed by atoms with van der Waals surface area (Å²) < 4.78 is 17.1. The molecule has 0 aliphatic heterocycles. The third-order valence-electron chi connectivity index (χ3n) is 4.02. The van der Waals surface area contributed by atoms with Crippen LogP contribution in [-0.4, -0.2) is 11.6 Å². The molecule has 0 radical (unpaired) electrons. The first-order valence-corrected chi connectivity index (χ1v) is 8.94. The molecular weight excluding hydrogens is 368 g/mol. The number of Topliss-reactive ketones (excluding diaryl/α,β-unsaturated/α-hetero) is 1. The summed E-state index contributed by atoms with van der Waals surface area (Å²) in [6, 6.07) is 26.2. The van der Waals surface area contributed by atoms with Crippen molar-refractivity contribution in [1.82, 2.24) is 0 Å². The molecule has 0 saturated carbocycles. The molecule has 3 aromatic rings. The van der Waals surface area contributed by atoms with Crippen molar-refractivity contribution >= 4 is 11.6 Å². The average molecular weight is 384 g/mol. The second-order valence-corrected chi connectivity index (χ2v) is 6.11. The van der Waals surface area contributed by atoms with Crippen LogP contribution in [0.25, 0.3) is 0 Å². The van der Waals surface area contributed by atoms with Crippen LogP contribution in [0.1, 0.15) is 0 Å². The van der Waals surface area contributed by atoms with E-state index in [2.05, 4.69) is 0 Å². The molecule has 1 aliphatic carbocycles. The van der Waals surface area contributed by atoms with Crippen LogP contribution < -0.4 is 14.2 Å². The van der Waals surface area contributed by atoms with Crippen molar-refractivity contribution in [2.75, 3.05) is 0 Å². The first-order valence-electron chi connectivity index (χ1n) is 8.94. The summed E-state index contributed by atoms with van der Waals surface area (Å²) >= 11 is 0. The maximum atomic E-state index is 13.1. The summed E-state index contributed by atoms with van der Waals surface area (Å²) in [5.41, 5.74) is 0. The van der Waals surface area contributed by atoms with Gasteiger partial charge in [0.05, 0.1) is 0 Å². The van der Waals surface area contributed by atoms with E-state index in [-0.39, 0.29) is 17.3 Å². The SMILES string of the molecule is O=C1C=C(Oc2ccccc2)C(=O)C(Oc2ccccc2)=C1Oc1ccccc1. The van der Waals surface area contributed by atoms with Gasteiger partial charge in [-0.3, -0.25) is 9.59 Å². The Hall–Kier alpha value is -4.12. The van der Waals surface area contributed by atoms with Gasteiger partial charge in [0, 0.05) is 6.08 Å². The fraction of sp³-hybridized carbons (Fsp3) is 0. The van der Waals surface area contributed by atoms with E-state index < -0.39 is 11.6 Å². The van der Waals surface area contributed by atoms with Crippen LogP contribution in [0.2, 0.25) is 0 Å². The number of allylic oxidation sites excluding steroid dienone is 1. The molecule has 0 saturated heterocycles. The third kappa shape index (κ3) is 4.25. The van der Waals surface area contributed by atoms with Crippen molar-refractivity contribution in [3.8, 4) is 17.2 Å². The Morgan fingerprint density at radius 1 is 0.483 bits per heavy atom. The monoisotopic (exact) mass is 384 g/mol. The predicted octanol–water partition coefficient (Wildman–Crippen LogP) is 4.47. The van der Waals surface area contributed by atoms with E-state index in [0.29, 0.717) is 17.2 Å². The number of ether oxygens (including phenoxy) is 3. The Balaban J connectivity index is 1.70. The van der Waals surface area contributed by atoms with Crippen molar-refractivity contribution in [3.63, 3.8) is 0 Å². The summed E-state index contributed by atoms with van der Waals surface area (Å²) in [5.74, 6) is -0.395. The fourth-order valence-corrected chi connectivity index (χ4v) is 2.67. The highest BCUT2D eigenvalue weighted by atomic mass is 16.5. The molecule has 5 nitrogen and oxygen atoms in total. The molecule has 0 fully saturated rings. The molecular formula is C24H16O5. The standard InChI is InChI=1S/C24H16O5/c25-20-16-21(27-17-10-4-1-5-11-17)22(26)24(29-19-14-8-3-9-15-19)23(20)28-18-12-6-2-7-13-18/h1-16H. The molecule has 4 rings (SSSR count). The number of rotatable bonds is 6. The molecule has 0 aromatic heterocycles. The normalized spacial score (nSPS) is 13.7. The quantitative estimate of drug-likeness (QED) is 0.587. The number of para-hydroxylation sites is 3. The molecule has 1 aliphatic rings. The van der Waals surface area contributed by atoms with Gasteiger partial charge in [-0.2, -0.15) is 0 Å². The van der Waals surface area contributed by atoms with E-state index in [1.807, 2.05) is 18.2 Å². The van der Waals surface area contributed by atoms with Gasteiger partial charge in [-0.15, -0.1) is 0 Å². The molecule has 0 atom stereocenters. The van der Waals surface area contributed by atoms with E-state index in [4.69, 9.17) is 14.2 Å². The number of ketones is 2. The summed E-state index contributed by atoms with van der Waals surface area (Å²) in [4.78, 5) is 25.8. The second-order valence-electron chi connectivity index (χ2n) is 6.11. The molecule has 0 amide bonds. The van der Waals surface area contributed by atoms with Crippen LogP contribution in [0.15, 0.2) is 114 Å². The zero-order valence-corrected chi connectivity index (χ0v) is 15.3. The summed E-state index contributed by atoms with van der Waals surface area (Å²) in [6.45, 7) is 0. The van der Waals surface area contributed by atoms with Crippen molar-refractivity contribution < 1.29 is 23.8 Å². The molecule has 0 unspecified atom stereocenters. The van der Waals surface area contributed by atoms with Gasteiger partial charge in [0.1, 0.15) is 17.2 Å². The number of hydrogen-bond donors (Lipinski definition) is 0. The summed E-state index contributed by atoms with van der Waals surface area (Å²) in [5, 5.41) is 0. The van der Waals surface area contributed by atoms with Crippen molar-refractivity contribution in [2.45, 2.75) is 0 Å². The summed E-state index contributed by atoms with van der Waals surface area (Å²) in [7, 11) is 0. The molecule has 142 valence electrons. The lowest BCUT2D eigenvalue weighted by molar-refractivity contribution is -0.120. The van der Waals surface area contributed by atoms with Gasteiger partial charge < -0.3 is 14.2 Å². The molecule has 29 heavy (non-hydrogen) atoms. The van der Waals surface area contributed by atoms with Gasteiger partial charge in [0.2, 0.25) is 17.3 Å². The smallest absolute Gasteiger partial charge is 0.267 e. The van der Waals surface area contributed by atoms with Gasteiger partial charge >= 0.3 is 0 Å². The van der Waals surface area contributed by atoms with Gasteiger partial charge in [-0.05, 0) is 36.4 Å². The van der Waals surface area contributed by atoms with E-state index in [1.165, 1.54) is 0 Å². The zero-order valence-electron chi connectivity index (χ0n) is 15.3. The minimum absolute atomic E-state index is 0.132. The van der Waals surface area contributed by atoms with E-state index in [9.17, 15) is 9.59 Å². The third-order valence-corrected chi connectivity index (χ3v) is 4.02. The maximum Gasteiger partial charge on any atom is 0.267 e. The van der Waals surface area contributed by atoms with E-state index >= 15 is 0 Å². The molecule has 0 spiro atoms. The van der Waals surface area contributed by atoms with Crippen LogP contribution in [-0.2, 0) is 9.59 Å². The maximum absolute atomic E-state index is 13.1. The topological polar surface area (TPSA) is 61.8 Å². The van der Waals surface area contributed by atoms with Crippen molar-refractivity contribution in [3.05, 3.63) is 114 Å². The van der Waals surface area contributed by atoms with E-state index in [0.717, 1.165) is 6.08 Å². The molecule has 3 aromatic carbocycles. The Bertz CT molecular complexity index is 1080. The van der Waals surface area contributed by atoms with Crippen LogP contribution >= 0.6 is 0 Å². The fourth-order valence-electron chi connectivity index (χ4n) is 2.67. The lowest BCUT2D eigenvalue weighted by Crippen LogP contribution is -2.27. The molecule has 0 bridgehead atoms. The number of carbonyl (C=O) groups excluding carboxylic acids is 2. The largest absolute Gasteiger partial charge is 0.453 e. The highest BCUT2D eigenvalue weighted by Crippen LogP contribution is 2.27. The van der Waals surface area contributed by atoms with Crippen molar-refractivity contribution in [1.29, 1.82) is 0 Å². The van der Waals surface area contributed by atoms with E-state index in [1.54, 1.807) is 72.8 Å². The number of carbonyl (C=O) groups is 2. The van der Waals surface area contributed by atoms with Crippen LogP contribution in [0.4, 0.5) is 0 Å². The second kappa shape index (κ2) is 8.27. The summed E-state index contributed by atoms with van der Waals surface area (Å²) in [6.07, 6.45) is 1.12. The van der Waals surface area contributed by atoms with Gasteiger partial charge in [-0.1, -0.05) is 54.6 Å². The number of hydrogen-bond acceptors (Lipinski definition) is 5. The first-order chi connectivity index (χ1) is 14.2. The lowest BCUT2D eigenvalue weighted by atomic mass is 10.1. The van der Waals surface area contributed by atoms with Crippen LogP contribution in [0, 0.1) is 0 Å². The predicted molar refractivity (Wildman–Crippen MR) is 106 cm³/mol. The first kappa shape index (κ1) is 18.3. The number of benzene rings is 3. The van der Waals surface area contributed by atoms with Crippen LogP contribution in [0.3, 0.4) is 0 Å². The highest BCUT2D eigenvalue weighted by Gasteiger charge is 2.34. The van der Waals surface area contributed by atoms with Gasteiger partial charge in [0.15, 0.2) is 5.76 Å². The lowest BCUT2D eigenvalue weighted by Gasteiger charge is -2.19. The Morgan fingerprint density at radius 2 is 0.897 bits per heavy atom. The minimum atomic E-state index is -0.580. The highest BCUT2D eigenvalue weighted by molar-refractivity contribution is 6.20. The molecule has 0 heterocycles. The average Bonchev–Trinajstić information content (AvgIpc) is 2.76. The zero-order chi connectivity index (χ0) is 20.1. The molecule has 5 heteroatoms. The molecule has 0 N–H and O–H groups in total. The Morgan fingerprint density at radius 3 is 1.38 bits per heavy atom. The van der Waals surface area contributed by atoms with Gasteiger partial charge in [-0.25, -0.2) is 0 Å².